The van der Waals surface area contributed by atoms with E-state index in [1.165, 1.54) is 0 Å². The summed E-state index contributed by atoms with van der Waals surface area (Å²) in [5.41, 5.74) is 1.16. The molecule has 3 amide bonds. The van der Waals surface area contributed by atoms with Gasteiger partial charge in [-0.25, -0.2) is 0 Å². The van der Waals surface area contributed by atoms with E-state index < -0.39 is 6.04 Å². The highest BCUT2D eigenvalue weighted by molar-refractivity contribution is 9.10. The second-order valence-electron chi connectivity index (χ2n) is 9.00. The molecule has 1 aliphatic heterocycles. The molecular weight excluding hydrogens is 482 g/mol. The van der Waals surface area contributed by atoms with Gasteiger partial charge in [0.15, 0.2) is 0 Å². The van der Waals surface area contributed by atoms with Crippen molar-refractivity contribution in [1.82, 2.24) is 15.5 Å². The number of benzene rings is 2. The van der Waals surface area contributed by atoms with Gasteiger partial charge in [-0.1, -0.05) is 54.0 Å². The molecule has 6 nitrogen and oxygen atoms in total. The van der Waals surface area contributed by atoms with Crippen LogP contribution in [0.3, 0.4) is 0 Å². The number of hydrogen-bond acceptors (Lipinski definition) is 3. The first-order chi connectivity index (χ1) is 15.8. The maximum Gasteiger partial charge on any atom is 0.253 e. The Hall–Kier alpha value is -2.67. The molecule has 0 aromatic heterocycles. The Bertz CT molecular complexity index is 972. The number of carbonyl (C=O) groups excluding carboxylic acids is 3. The van der Waals surface area contributed by atoms with Crippen molar-refractivity contribution in [3.05, 3.63) is 70.2 Å². The third kappa shape index (κ3) is 6.67. The highest BCUT2D eigenvalue weighted by atomic mass is 79.9. The van der Waals surface area contributed by atoms with Gasteiger partial charge >= 0.3 is 0 Å². The number of nitrogens with one attached hydrogen (secondary N) is 2. The van der Waals surface area contributed by atoms with Gasteiger partial charge in [0, 0.05) is 34.7 Å². The molecule has 2 unspecified atom stereocenters. The largest absolute Gasteiger partial charge is 0.352 e. The highest BCUT2D eigenvalue weighted by Gasteiger charge is 2.34. The number of rotatable bonds is 7. The summed E-state index contributed by atoms with van der Waals surface area (Å²) in [4.78, 5) is 40.8. The lowest BCUT2D eigenvalue weighted by Crippen LogP contribution is -2.55. The molecule has 2 aromatic rings. The van der Waals surface area contributed by atoms with Crippen molar-refractivity contribution >= 4 is 33.7 Å². The molecule has 1 heterocycles. The number of halogens is 1. The molecule has 3 rings (SSSR count). The van der Waals surface area contributed by atoms with Gasteiger partial charge < -0.3 is 15.5 Å². The first-order valence-corrected chi connectivity index (χ1v) is 12.3. The van der Waals surface area contributed by atoms with Crippen LogP contribution >= 0.6 is 15.9 Å². The highest BCUT2D eigenvalue weighted by Crippen LogP contribution is 2.24. The normalized spacial score (nSPS) is 16.2. The van der Waals surface area contributed by atoms with Crippen molar-refractivity contribution in [3.8, 4) is 0 Å². The fraction of sp³-hybridized carbons (Fsp3) is 0.423. The predicted octanol–water partition coefficient (Wildman–Crippen LogP) is 4.26. The molecular formula is C26H32BrN3O3. The Morgan fingerprint density at radius 1 is 0.909 bits per heavy atom. The standard InChI is InChI=1S/C26H32BrN3O3/c1-17(2)18(3)28-25(32)23(29-24(31)20-8-5-4-6-9-20)19-12-14-30(15-13-19)26(33)21-10-7-11-22(27)16-21/h4-11,16-19,23H,12-15H2,1-3H3,(H,28,32)(H,29,31). The summed E-state index contributed by atoms with van der Waals surface area (Å²) < 4.78 is 0.864. The third-order valence-electron chi connectivity index (χ3n) is 6.34. The SMILES string of the molecule is CC(C)C(C)NC(=O)C(NC(=O)c1ccccc1)C1CCN(C(=O)c2cccc(Br)c2)CC1. The second kappa shape index (κ2) is 11.5. The van der Waals surface area contributed by atoms with Gasteiger partial charge in [-0.2, -0.15) is 0 Å². The van der Waals surface area contributed by atoms with Gasteiger partial charge in [-0.3, -0.25) is 14.4 Å². The fourth-order valence-corrected chi connectivity index (χ4v) is 4.33. The maximum atomic E-state index is 13.2. The number of amides is 3. The zero-order valence-corrected chi connectivity index (χ0v) is 21.0. The van der Waals surface area contributed by atoms with Crippen molar-refractivity contribution in [2.24, 2.45) is 11.8 Å². The summed E-state index contributed by atoms with van der Waals surface area (Å²) in [6.07, 6.45) is 1.28. The zero-order valence-electron chi connectivity index (χ0n) is 19.4. The molecule has 0 saturated carbocycles. The average molecular weight is 514 g/mol. The Kier molecular flexibility index (Phi) is 8.67. The maximum absolute atomic E-state index is 13.2. The van der Waals surface area contributed by atoms with E-state index in [1.807, 2.05) is 42.2 Å². The van der Waals surface area contributed by atoms with Gasteiger partial charge in [0.1, 0.15) is 6.04 Å². The topological polar surface area (TPSA) is 78.5 Å². The van der Waals surface area contributed by atoms with Crippen LogP contribution in [0.1, 0.15) is 54.3 Å². The van der Waals surface area contributed by atoms with Gasteiger partial charge in [-0.15, -0.1) is 0 Å². The van der Waals surface area contributed by atoms with Crippen LogP contribution in [0.2, 0.25) is 0 Å². The van der Waals surface area contributed by atoms with E-state index in [9.17, 15) is 14.4 Å². The lowest BCUT2D eigenvalue weighted by Gasteiger charge is -2.36. The molecule has 0 bridgehead atoms. The van der Waals surface area contributed by atoms with Crippen molar-refractivity contribution in [2.75, 3.05) is 13.1 Å². The summed E-state index contributed by atoms with van der Waals surface area (Å²) in [5.74, 6) is -0.219. The van der Waals surface area contributed by atoms with Gasteiger partial charge in [-0.05, 0) is 61.9 Å². The van der Waals surface area contributed by atoms with E-state index >= 15 is 0 Å². The van der Waals surface area contributed by atoms with Gasteiger partial charge in [0.25, 0.3) is 11.8 Å². The minimum atomic E-state index is -0.651. The van der Waals surface area contributed by atoms with Crippen molar-refractivity contribution < 1.29 is 14.4 Å². The number of carbonyl (C=O) groups is 3. The van der Waals surface area contributed by atoms with Crippen molar-refractivity contribution in [3.63, 3.8) is 0 Å². The van der Waals surface area contributed by atoms with E-state index in [0.29, 0.717) is 37.1 Å². The van der Waals surface area contributed by atoms with E-state index in [2.05, 4.69) is 40.4 Å². The average Bonchev–Trinajstić information content (AvgIpc) is 2.82. The molecule has 7 heteroatoms. The number of hydrogen-bond donors (Lipinski definition) is 2. The zero-order chi connectivity index (χ0) is 24.0. The van der Waals surface area contributed by atoms with Crippen LogP contribution < -0.4 is 10.6 Å². The Balaban J connectivity index is 1.70. The van der Waals surface area contributed by atoms with Gasteiger partial charge in [0.2, 0.25) is 5.91 Å². The minimum Gasteiger partial charge on any atom is -0.352 e. The van der Waals surface area contributed by atoms with Gasteiger partial charge in [0.05, 0.1) is 0 Å². The lowest BCUT2D eigenvalue weighted by molar-refractivity contribution is -0.125. The van der Waals surface area contributed by atoms with Crippen molar-refractivity contribution in [2.45, 2.75) is 45.7 Å². The Morgan fingerprint density at radius 2 is 1.55 bits per heavy atom. The minimum absolute atomic E-state index is 0.00757. The molecule has 2 N–H and O–H groups in total. The third-order valence-corrected chi connectivity index (χ3v) is 6.84. The van der Waals surface area contributed by atoms with Crippen LogP contribution in [-0.4, -0.2) is 47.8 Å². The quantitative estimate of drug-likeness (QED) is 0.580. The fourth-order valence-electron chi connectivity index (χ4n) is 3.93. The molecule has 33 heavy (non-hydrogen) atoms. The molecule has 0 spiro atoms. The van der Waals surface area contributed by atoms with Crippen LogP contribution in [0.15, 0.2) is 59.1 Å². The first-order valence-electron chi connectivity index (χ1n) is 11.5. The molecule has 2 aromatic carbocycles. The van der Waals surface area contributed by atoms with Crippen LogP contribution in [0, 0.1) is 11.8 Å². The monoisotopic (exact) mass is 513 g/mol. The summed E-state index contributed by atoms with van der Waals surface area (Å²) in [7, 11) is 0. The van der Waals surface area contributed by atoms with E-state index in [4.69, 9.17) is 0 Å². The summed E-state index contributed by atoms with van der Waals surface area (Å²) in [6.45, 7) is 7.16. The summed E-state index contributed by atoms with van der Waals surface area (Å²) in [5, 5.41) is 6.03. The van der Waals surface area contributed by atoms with Crippen molar-refractivity contribution in [1.29, 1.82) is 0 Å². The predicted molar refractivity (Wildman–Crippen MR) is 133 cm³/mol. The van der Waals surface area contributed by atoms with Crippen LogP contribution in [0.4, 0.5) is 0 Å². The number of piperidine rings is 1. The molecule has 176 valence electrons. The van der Waals surface area contributed by atoms with Crippen LogP contribution in [-0.2, 0) is 4.79 Å². The molecule has 0 radical (unpaired) electrons. The molecule has 2 atom stereocenters. The van der Waals surface area contributed by atoms with E-state index in [1.54, 1.807) is 24.3 Å². The second-order valence-corrected chi connectivity index (χ2v) is 9.91. The lowest BCUT2D eigenvalue weighted by atomic mass is 9.87. The first kappa shape index (κ1) is 25.0. The van der Waals surface area contributed by atoms with E-state index in [-0.39, 0.29) is 35.6 Å². The number of nitrogens with zero attached hydrogens (tertiary/aromatic N) is 1. The Morgan fingerprint density at radius 3 is 2.15 bits per heavy atom. The molecule has 1 saturated heterocycles. The molecule has 0 aliphatic carbocycles. The van der Waals surface area contributed by atoms with Crippen LogP contribution in [0.25, 0.3) is 0 Å². The van der Waals surface area contributed by atoms with Crippen LogP contribution in [0.5, 0.6) is 0 Å². The summed E-state index contributed by atoms with van der Waals surface area (Å²) >= 11 is 3.42. The summed E-state index contributed by atoms with van der Waals surface area (Å²) in [6, 6.07) is 15.6. The molecule has 1 aliphatic rings. The molecule has 1 fully saturated rings. The number of likely N-dealkylation sites (tertiary alicyclic amines) is 1. The Labute approximate surface area is 204 Å². The van der Waals surface area contributed by atoms with E-state index in [0.717, 1.165) is 4.47 Å². The smallest absolute Gasteiger partial charge is 0.253 e.